The maximum absolute atomic E-state index is 14.0. The van der Waals surface area contributed by atoms with Crippen molar-refractivity contribution in [3.05, 3.63) is 78.5 Å². The highest BCUT2D eigenvalue weighted by Crippen LogP contribution is 2.31. The van der Waals surface area contributed by atoms with Crippen molar-refractivity contribution >= 4 is 26.6 Å². The zero-order chi connectivity index (χ0) is 23.0. The minimum atomic E-state index is -4.27. The molecule has 5 rings (SSSR count). The van der Waals surface area contributed by atoms with E-state index in [2.05, 4.69) is 25.0 Å². The number of anilines is 1. The summed E-state index contributed by atoms with van der Waals surface area (Å²) in [4.78, 5) is 12.4. The van der Waals surface area contributed by atoms with Gasteiger partial charge in [-0.25, -0.2) is 27.2 Å². The molecule has 33 heavy (non-hydrogen) atoms. The molecule has 0 spiro atoms. The zero-order valence-electron chi connectivity index (χ0n) is 17.3. The monoisotopic (exact) mass is 467 g/mol. The molecule has 1 aliphatic heterocycles. The number of nitrogens with zero attached hydrogens (tertiary/aromatic N) is 3. The molecule has 2 aromatic heterocycles. The van der Waals surface area contributed by atoms with Crippen molar-refractivity contribution in [3.8, 4) is 11.1 Å². The number of aromatic nitrogens is 3. The van der Waals surface area contributed by atoms with Crippen LogP contribution in [-0.2, 0) is 10.0 Å². The lowest BCUT2D eigenvalue weighted by molar-refractivity contribution is 0.551. The van der Waals surface area contributed by atoms with Gasteiger partial charge in [0.2, 0.25) is 0 Å². The maximum Gasteiger partial charge on any atom is 0.264 e. The summed E-state index contributed by atoms with van der Waals surface area (Å²) in [6.07, 6.45) is 5.50. The number of benzene rings is 2. The highest BCUT2D eigenvalue weighted by Gasteiger charge is 2.22. The second-order valence-electron chi connectivity index (χ2n) is 7.82. The van der Waals surface area contributed by atoms with Gasteiger partial charge in [-0.2, -0.15) is 0 Å². The first-order valence-corrected chi connectivity index (χ1v) is 11.8. The van der Waals surface area contributed by atoms with Gasteiger partial charge >= 0.3 is 0 Å². The molecular formula is C23H19F2N5O2S. The first-order valence-electron chi connectivity index (χ1n) is 10.3. The van der Waals surface area contributed by atoms with Crippen molar-refractivity contribution in [1.29, 1.82) is 0 Å². The van der Waals surface area contributed by atoms with Gasteiger partial charge in [0, 0.05) is 35.7 Å². The molecule has 0 bridgehead atoms. The second kappa shape index (κ2) is 8.45. The van der Waals surface area contributed by atoms with Crippen molar-refractivity contribution in [1.82, 2.24) is 20.3 Å². The number of rotatable bonds is 5. The molecule has 4 aromatic rings. The zero-order valence-corrected chi connectivity index (χ0v) is 18.1. The van der Waals surface area contributed by atoms with Gasteiger partial charge in [-0.05, 0) is 48.9 Å². The number of hydrogen-bond donors (Lipinski definition) is 2. The molecule has 7 nitrogen and oxygen atoms in total. The van der Waals surface area contributed by atoms with E-state index in [-0.39, 0.29) is 5.69 Å². The third kappa shape index (κ3) is 4.27. The quantitative estimate of drug-likeness (QED) is 0.463. The van der Waals surface area contributed by atoms with Gasteiger partial charge in [0.1, 0.15) is 22.9 Å². The fraction of sp³-hybridized carbons (Fsp3) is 0.174. The number of hydrogen-bond acceptors (Lipinski definition) is 6. The molecular weight excluding hydrogens is 448 g/mol. The number of sulfonamides is 1. The third-order valence-electron chi connectivity index (χ3n) is 5.62. The molecule has 168 valence electrons. The van der Waals surface area contributed by atoms with E-state index in [4.69, 9.17) is 0 Å². The summed E-state index contributed by atoms with van der Waals surface area (Å²) in [7, 11) is -4.27. The average molecular weight is 468 g/mol. The topological polar surface area (TPSA) is 96.9 Å². The molecule has 2 N–H and O–H groups in total. The highest BCUT2D eigenvalue weighted by molar-refractivity contribution is 7.92. The Hall–Kier alpha value is -3.50. The van der Waals surface area contributed by atoms with E-state index in [1.54, 1.807) is 18.6 Å². The van der Waals surface area contributed by atoms with Crippen LogP contribution in [0, 0.1) is 11.6 Å². The first kappa shape index (κ1) is 21.4. The Labute approximate surface area is 189 Å². The van der Waals surface area contributed by atoms with E-state index in [0.717, 1.165) is 53.8 Å². The average Bonchev–Trinajstić information content (AvgIpc) is 3.33. The van der Waals surface area contributed by atoms with Gasteiger partial charge < -0.3 is 5.32 Å². The van der Waals surface area contributed by atoms with Crippen LogP contribution in [0.5, 0.6) is 0 Å². The summed E-state index contributed by atoms with van der Waals surface area (Å²) in [5.74, 6) is -1.73. The fourth-order valence-electron chi connectivity index (χ4n) is 4.03. The molecule has 10 heteroatoms. The first-order chi connectivity index (χ1) is 15.9. The summed E-state index contributed by atoms with van der Waals surface area (Å²) >= 11 is 0. The largest absolute Gasteiger partial charge is 0.316 e. The highest BCUT2D eigenvalue weighted by atomic mass is 32.2. The lowest BCUT2D eigenvalue weighted by atomic mass is 9.97. The number of pyridine rings is 1. The third-order valence-corrected chi connectivity index (χ3v) is 7.03. The minimum absolute atomic E-state index is 0.154. The number of nitrogens with one attached hydrogen (secondary N) is 2. The minimum Gasteiger partial charge on any atom is -0.316 e. The van der Waals surface area contributed by atoms with Gasteiger partial charge in [0.05, 0.1) is 23.1 Å². The standard InChI is InChI=1S/C23H19F2N5O2S/c24-17-2-4-22(20(25)9-17)33(31,32)30-18-7-16(11-27-12-18)14-1-3-21-19(8-14)23(29-13-28-21)15-5-6-26-10-15/h1-4,7-9,11-13,15,26,30H,5-6,10H2. The molecule has 0 saturated carbocycles. The van der Waals surface area contributed by atoms with Crippen LogP contribution in [0.3, 0.4) is 0 Å². The Morgan fingerprint density at radius 3 is 2.67 bits per heavy atom. The molecule has 3 heterocycles. The van der Waals surface area contributed by atoms with E-state index in [9.17, 15) is 17.2 Å². The second-order valence-corrected chi connectivity index (χ2v) is 9.47. The van der Waals surface area contributed by atoms with E-state index < -0.39 is 26.6 Å². The molecule has 1 fully saturated rings. The SMILES string of the molecule is O=S(=O)(Nc1cncc(-c2ccc3ncnc(C4CCNC4)c3c2)c1)c1ccc(F)cc1F. The normalized spacial score (nSPS) is 16.2. The molecule has 1 unspecified atom stereocenters. The summed E-state index contributed by atoms with van der Waals surface area (Å²) < 4.78 is 54.7. The van der Waals surface area contributed by atoms with E-state index in [1.807, 2.05) is 18.2 Å². The molecule has 1 saturated heterocycles. The predicted molar refractivity (Wildman–Crippen MR) is 120 cm³/mol. The van der Waals surface area contributed by atoms with Crippen LogP contribution in [0.1, 0.15) is 18.0 Å². The molecule has 0 aliphatic carbocycles. The van der Waals surface area contributed by atoms with Gasteiger partial charge in [0.25, 0.3) is 10.0 Å². The van der Waals surface area contributed by atoms with Crippen LogP contribution in [0.15, 0.2) is 66.1 Å². The van der Waals surface area contributed by atoms with E-state index >= 15 is 0 Å². The summed E-state index contributed by atoms with van der Waals surface area (Å²) in [5.41, 5.74) is 3.43. The van der Waals surface area contributed by atoms with Crippen LogP contribution >= 0.6 is 0 Å². The van der Waals surface area contributed by atoms with Crippen molar-refractivity contribution in [3.63, 3.8) is 0 Å². The van der Waals surface area contributed by atoms with E-state index in [1.165, 1.54) is 6.20 Å². The molecule has 1 atom stereocenters. The van der Waals surface area contributed by atoms with Gasteiger partial charge in [-0.3, -0.25) is 9.71 Å². The Morgan fingerprint density at radius 2 is 1.88 bits per heavy atom. The molecule has 0 radical (unpaired) electrons. The summed E-state index contributed by atoms with van der Waals surface area (Å²) in [6, 6.07) is 9.64. The Balaban J connectivity index is 1.49. The van der Waals surface area contributed by atoms with Crippen LogP contribution < -0.4 is 10.0 Å². The lowest BCUT2D eigenvalue weighted by Gasteiger charge is -2.13. The Bertz CT molecular complexity index is 1460. The van der Waals surface area contributed by atoms with Crippen LogP contribution in [0.2, 0.25) is 0 Å². The van der Waals surface area contributed by atoms with Gasteiger partial charge in [-0.1, -0.05) is 6.07 Å². The maximum atomic E-state index is 14.0. The fourth-order valence-corrected chi connectivity index (χ4v) is 5.12. The number of halogens is 2. The lowest BCUT2D eigenvalue weighted by Crippen LogP contribution is -2.15. The summed E-state index contributed by atoms with van der Waals surface area (Å²) in [6.45, 7) is 1.80. The van der Waals surface area contributed by atoms with Crippen LogP contribution in [0.25, 0.3) is 22.0 Å². The molecule has 1 aliphatic rings. The van der Waals surface area contributed by atoms with Crippen molar-refractivity contribution in [2.45, 2.75) is 17.2 Å². The van der Waals surface area contributed by atoms with Gasteiger partial charge in [-0.15, -0.1) is 0 Å². The molecule has 2 aromatic carbocycles. The van der Waals surface area contributed by atoms with Crippen molar-refractivity contribution in [2.24, 2.45) is 0 Å². The predicted octanol–water partition coefficient (Wildman–Crippen LogP) is 3.85. The number of fused-ring (bicyclic) bond motifs is 1. The molecule has 0 amide bonds. The van der Waals surface area contributed by atoms with Crippen molar-refractivity contribution < 1.29 is 17.2 Å². The van der Waals surface area contributed by atoms with E-state index in [0.29, 0.717) is 17.5 Å². The van der Waals surface area contributed by atoms with Gasteiger partial charge in [0.15, 0.2) is 0 Å². The Morgan fingerprint density at radius 1 is 1.00 bits per heavy atom. The van der Waals surface area contributed by atoms with Crippen LogP contribution in [-0.4, -0.2) is 36.5 Å². The van der Waals surface area contributed by atoms with Crippen LogP contribution in [0.4, 0.5) is 14.5 Å². The van der Waals surface area contributed by atoms with Crippen molar-refractivity contribution in [2.75, 3.05) is 17.8 Å². The Kier molecular flexibility index (Phi) is 5.47. The smallest absolute Gasteiger partial charge is 0.264 e. The summed E-state index contributed by atoms with van der Waals surface area (Å²) in [5, 5.41) is 4.28.